The highest BCUT2D eigenvalue weighted by atomic mass is 19.4. The Labute approximate surface area is 244 Å². The lowest BCUT2D eigenvalue weighted by Crippen LogP contribution is -2.44. The number of hydrogen-bond donors (Lipinski definition) is 0. The minimum atomic E-state index is -4.68. The Balaban J connectivity index is 1.55. The number of carbonyl (C=O) groups excluding carboxylic acids is 1. The summed E-state index contributed by atoms with van der Waals surface area (Å²) in [6, 6.07) is 3.94. The fraction of sp³-hybridized carbons (Fsp3) is 0.379. The zero-order chi connectivity index (χ0) is 31.3. The van der Waals surface area contributed by atoms with Crippen molar-refractivity contribution in [1.82, 2.24) is 24.4 Å². The normalized spacial score (nSPS) is 17.3. The summed E-state index contributed by atoms with van der Waals surface area (Å²) in [7, 11) is 2.81. The van der Waals surface area contributed by atoms with Crippen LogP contribution in [0.3, 0.4) is 0 Å². The number of amidine groups is 1. The van der Waals surface area contributed by atoms with Gasteiger partial charge in [-0.3, -0.25) is 4.90 Å². The van der Waals surface area contributed by atoms with E-state index in [1.54, 1.807) is 20.8 Å². The molecule has 226 valence electrons. The Kier molecular flexibility index (Phi) is 7.57. The van der Waals surface area contributed by atoms with Crippen molar-refractivity contribution in [3.8, 4) is 17.3 Å². The van der Waals surface area contributed by atoms with E-state index in [9.17, 15) is 18.0 Å². The van der Waals surface area contributed by atoms with Crippen molar-refractivity contribution in [1.29, 1.82) is 0 Å². The summed E-state index contributed by atoms with van der Waals surface area (Å²) >= 11 is 0. The first kappa shape index (κ1) is 29.9. The SMILES string of the molecule is C=N/C(=N\C1=C(C)C(C)(C)OC(=O)N1Cc1ccc(-c2nc(C(F)(F)F)cn2C)c(F)c1)c1c(OC)ncnc1C1CC1. The fourth-order valence-electron chi connectivity index (χ4n) is 4.75. The predicted octanol–water partition coefficient (Wildman–Crippen LogP) is 6.03. The number of amides is 1. The van der Waals surface area contributed by atoms with Crippen LogP contribution >= 0.6 is 0 Å². The van der Waals surface area contributed by atoms with Gasteiger partial charge in [-0.15, -0.1) is 0 Å². The number of methoxy groups -OCH3 is 1. The number of cyclic esters (lactones) is 1. The molecule has 3 aromatic rings. The number of nitrogens with zero attached hydrogens (tertiary/aromatic N) is 7. The van der Waals surface area contributed by atoms with E-state index in [-0.39, 0.29) is 41.4 Å². The molecule has 0 unspecified atom stereocenters. The number of rotatable bonds is 7. The molecule has 0 N–H and O–H groups in total. The smallest absolute Gasteiger partial charge is 0.434 e. The lowest BCUT2D eigenvalue weighted by Gasteiger charge is -2.38. The third-order valence-corrected chi connectivity index (χ3v) is 7.42. The van der Waals surface area contributed by atoms with Crippen molar-refractivity contribution in [2.75, 3.05) is 7.11 Å². The number of aromatic nitrogens is 4. The summed E-state index contributed by atoms with van der Waals surface area (Å²) in [5, 5.41) is 0. The molecule has 1 aromatic carbocycles. The molecule has 14 heteroatoms. The van der Waals surface area contributed by atoms with Crippen molar-refractivity contribution >= 4 is 18.6 Å². The number of benzene rings is 1. The Morgan fingerprint density at radius 3 is 2.56 bits per heavy atom. The van der Waals surface area contributed by atoms with E-state index in [2.05, 4.69) is 26.7 Å². The van der Waals surface area contributed by atoms with Crippen LogP contribution in [0.2, 0.25) is 0 Å². The van der Waals surface area contributed by atoms with E-state index >= 15 is 4.39 Å². The van der Waals surface area contributed by atoms with E-state index in [4.69, 9.17) is 14.5 Å². The molecule has 1 fully saturated rings. The molecule has 2 aromatic heterocycles. The van der Waals surface area contributed by atoms with Crippen LogP contribution in [0.5, 0.6) is 5.88 Å². The average molecular weight is 600 g/mol. The van der Waals surface area contributed by atoms with Crippen molar-refractivity contribution < 1.29 is 31.8 Å². The Hall–Kier alpha value is -4.62. The first-order chi connectivity index (χ1) is 20.2. The lowest BCUT2D eigenvalue weighted by atomic mass is 9.97. The monoisotopic (exact) mass is 599 g/mol. The van der Waals surface area contributed by atoms with Crippen LogP contribution in [-0.4, -0.2) is 55.8 Å². The van der Waals surface area contributed by atoms with E-state index in [1.165, 1.54) is 37.5 Å². The average Bonchev–Trinajstić information content (AvgIpc) is 3.71. The lowest BCUT2D eigenvalue weighted by molar-refractivity contribution is -0.140. The molecule has 0 radical (unpaired) electrons. The van der Waals surface area contributed by atoms with E-state index in [1.807, 2.05) is 0 Å². The van der Waals surface area contributed by atoms with Crippen molar-refractivity contribution in [2.24, 2.45) is 17.0 Å². The number of aryl methyl sites for hydroxylation is 1. The highest BCUT2D eigenvalue weighted by Crippen LogP contribution is 2.43. The van der Waals surface area contributed by atoms with Gasteiger partial charge in [-0.25, -0.2) is 34.1 Å². The molecule has 1 aliphatic carbocycles. The molecule has 0 spiro atoms. The van der Waals surface area contributed by atoms with Gasteiger partial charge in [-0.05, 0) is 58.0 Å². The van der Waals surface area contributed by atoms with E-state index < -0.39 is 29.4 Å². The molecular weight excluding hydrogens is 570 g/mol. The Morgan fingerprint density at radius 2 is 1.98 bits per heavy atom. The van der Waals surface area contributed by atoms with Crippen molar-refractivity contribution in [2.45, 2.75) is 57.9 Å². The maximum Gasteiger partial charge on any atom is 0.434 e. The molecule has 10 nitrogen and oxygen atoms in total. The number of imidazole rings is 1. The highest BCUT2D eigenvalue weighted by molar-refractivity contribution is 6.05. The van der Waals surface area contributed by atoms with Crippen molar-refractivity contribution in [3.05, 3.63) is 70.4 Å². The second-order valence-electron chi connectivity index (χ2n) is 10.8. The van der Waals surface area contributed by atoms with Gasteiger partial charge in [0.25, 0.3) is 0 Å². The second-order valence-corrected chi connectivity index (χ2v) is 10.8. The van der Waals surface area contributed by atoms with Gasteiger partial charge < -0.3 is 14.0 Å². The second kappa shape index (κ2) is 10.9. The fourth-order valence-corrected chi connectivity index (χ4v) is 4.75. The van der Waals surface area contributed by atoms with E-state index in [0.717, 1.165) is 29.7 Å². The molecular formula is C29H29F4N7O3. The van der Waals surface area contributed by atoms with Crippen LogP contribution < -0.4 is 4.74 Å². The highest BCUT2D eigenvalue weighted by Gasteiger charge is 2.40. The van der Waals surface area contributed by atoms with Gasteiger partial charge in [0.2, 0.25) is 5.88 Å². The standard InChI is InChI=1S/C29H29F4N7O3/c1-15-24(38-23(34-4)21-22(17-8-9-17)35-14-36-26(21)42-6)40(27(41)43-28(15,2)3)12-16-7-10-18(19(30)11-16)25-37-20(13-39(25)5)29(31,32)33/h7,10-11,13-14,17H,4,8-9,12H2,1-3,5-6H3/b38-23-. The molecule has 43 heavy (non-hydrogen) atoms. The molecule has 1 amide bonds. The van der Waals surface area contributed by atoms with Gasteiger partial charge in [-0.1, -0.05) is 6.07 Å². The molecule has 0 bridgehead atoms. The van der Waals surface area contributed by atoms with Crippen LogP contribution in [0.15, 0.2) is 52.1 Å². The predicted molar refractivity (Wildman–Crippen MR) is 149 cm³/mol. The molecule has 0 saturated heterocycles. The van der Waals surface area contributed by atoms with Crippen LogP contribution in [-0.2, 0) is 24.5 Å². The minimum Gasteiger partial charge on any atom is -0.480 e. The minimum absolute atomic E-state index is 0.129. The zero-order valence-electron chi connectivity index (χ0n) is 24.2. The van der Waals surface area contributed by atoms with Gasteiger partial charge in [0.1, 0.15) is 35.0 Å². The van der Waals surface area contributed by atoms with Gasteiger partial charge >= 0.3 is 12.3 Å². The summed E-state index contributed by atoms with van der Waals surface area (Å²) in [5.41, 5.74) is -0.205. The first-order valence-electron chi connectivity index (χ1n) is 13.3. The number of halogens is 4. The number of hydrogen-bond acceptors (Lipinski definition) is 7. The third kappa shape index (κ3) is 5.73. The van der Waals surface area contributed by atoms with Crippen LogP contribution in [0.25, 0.3) is 11.4 Å². The summed E-state index contributed by atoms with van der Waals surface area (Å²) in [6.45, 7) is 8.70. The van der Waals surface area contributed by atoms with Crippen LogP contribution in [0.4, 0.5) is 22.4 Å². The number of ether oxygens (including phenoxy) is 2. The Morgan fingerprint density at radius 1 is 1.26 bits per heavy atom. The molecule has 2 aliphatic rings. The molecule has 0 atom stereocenters. The van der Waals surface area contributed by atoms with Crippen molar-refractivity contribution in [3.63, 3.8) is 0 Å². The van der Waals surface area contributed by atoms with Gasteiger partial charge in [0, 0.05) is 24.7 Å². The summed E-state index contributed by atoms with van der Waals surface area (Å²) in [5.74, 6) is -0.217. The third-order valence-electron chi connectivity index (χ3n) is 7.42. The molecule has 3 heterocycles. The van der Waals surface area contributed by atoms with Gasteiger partial charge in [0.15, 0.2) is 11.5 Å². The van der Waals surface area contributed by atoms with Gasteiger partial charge in [-0.2, -0.15) is 13.2 Å². The number of carbonyl (C=O) groups is 1. The zero-order valence-corrected chi connectivity index (χ0v) is 24.2. The van der Waals surface area contributed by atoms with Crippen LogP contribution in [0, 0.1) is 5.82 Å². The maximum atomic E-state index is 15.3. The summed E-state index contributed by atoms with van der Waals surface area (Å²) < 4.78 is 67.0. The summed E-state index contributed by atoms with van der Waals surface area (Å²) in [4.78, 5) is 35.6. The Bertz CT molecular complexity index is 1670. The topological polar surface area (TPSA) is 107 Å². The number of alkyl halides is 3. The maximum absolute atomic E-state index is 15.3. The van der Waals surface area contributed by atoms with E-state index in [0.29, 0.717) is 22.4 Å². The molecule has 1 saturated carbocycles. The quantitative estimate of drug-likeness (QED) is 0.187. The summed E-state index contributed by atoms with van der Waals surface area (Å²) in [6.07, 6.45) is -1.35. The van der Waals surface area contributed by atoms with Gasteiger partial charge in [0.05, 0.1) is 24.9 Å². The molecule has 5 rings (SSSR count). The number of aliphatic imine (C=N–C) groups is 2. The first-order valence-corrected chi connectivity index (χ1v) is 13.3. The molecule has 1 aliphatic heterocycles. The largest absolute Gasteiger partial charge is 0.480 e. The van der Waals surface area contributed by atoms with Crippen LogP contribution in [0.1, 0.15) is 62.0 Å².